The molecule has 4 aliphatic heterocycles. The molecule has 63 heavy (non-hydrogen) atoms. The minimum atomic E-state index is -1.84. The predicted octanol–water partition coefficient (Wildman–Crippen LogP) is -5.10. The Hall–Kier alpha value is -3.99. The first-order valence-electron chi connectivity index (χ1n) is 20.4. The molecule has 2 aromatic carbocycles. The first kappa shape index (κ1) is 48.5. The van der Waals surface area contributed by atoms with E-state index in [1.165, 1.54) is 6.92 Å². The van der Waals surface area contributed by atoms with Crippen molar-refractivity contribution in [3.8, 4) is 16.9 Å². The Balaban J connectivity index is 0.983. The molecule has 4 aliphatic rings. The lowest BCUT2D eigenvalue weighted by Crippen LogP contribution is -2.73. The molecule has 0 aromatic heterocycles. The van der Waals surface area contributed by atoms with Crippen LogP contribution in [-0.2, 0) is 42.7 Å². The van der Waals surface area contributed by atoms with Gasteiger partial charge in [-0.3, -0.25) is 14.4 Å². The third-order valence-electron chi connectivity index (χ3n) is 10.8. The minimum absolute atomic E-state index is 0.0437. The number of ether oxygens (including phenoxy) is 8. The summed E-state index contributed by atoms with van der Waals surface area (Å²) in [5.74, 6) is -0.794. The molecule has 4 heterocycles. The number of benzene rings is 2. The molecule has 0 radical (unpaired) electrons. The van der Waals surface area contributed by atoms with E-state index in [0.29, 0.717) is 24.4 Å². The van der Waals surface area contributed by atoms with E-state index in [1.54, 1.807) is 42.5 Å². The van der Waals surface area contributed by atoms with Crippen LogP contribution < -0.4 is 26.4 Å². The Labute approximate surface area is 360 Å². The molecule has 0 spiro atoms. The molecule has 10 unspecified atom stereocenters. The lowest BCUT2D eigenvalue weighted by molar-refractivity contribution is -0.439. The van der Waals surface area contributed by atoms with Gasteiger partial charge >= 0.3 is 0 Å². The number of aliphatic hydroxyl groups is 8. The van der Waals surface area contributed by atoms with Crippen molar-refractivity contribution in [3.05, 3.63) is 54.1 Å². The van der Waals surface area contributed by atoms with E-state index in [-0.39, 0.29) is 32.1 Å². The summed E-state index contributed by atoms with van der Waals surface area (Å²) in [6.07, 6.45) is -22.8. The third kappa shape index (κ3) is 11.6. The van der Waals surface area contributed by atoms with Gasteiger partial charge in [-0.2, -0.15) is 0 Å². The molecule has 6 rings (SSSR count). The molecule has 3 amide bonds. The third-order valence-corrected chi connectivity index (χ3v) is 10.8. The van der Waals surface area contributed by atoms with Crippen molar-refractivity contribution in [1.29, 1.82) is 0 Å². The summed E-state index contributed by atoms with van der Waals surface area (Å²) in [6, 6.07) is 12.8. The van der Waals surface area contributed by atoms with Crippen LogP contribution in [0.15, 0.2) is 48.5 Å². The second-order valence-corrected chi connectivity index (χ2v) is 15.3. The maximum atomic E-state index is 12.5. The van der Waals surface area contributed by atoms with Crippen LogP contribution in [0.25, 0.3) is 11.1 Å². The van der Waals surface area contributed by atoms with Crippen LogP contribution in [-0.4, -0.2) is 203 Å². The van der Waals surface area contributed by atoms with Crippen LogP contribution in [0, 0.1) is 0 Å². The second kappa shape index (κ2) is 22.3. The van der Waals surface area contributed by atoms with Gasteiger partial charge < -0.3 is 100 Å². The van der Waals surface area contributed by atoms with Crippen LogP contribution in [0.4, 0.5) is 0 Å². The maximum Gasteiger partial charge on any atom is 0.257 e. The first-order valence-corrected chi connectivity index (χ1v) is 20.4. The summed E-state index contributed by atoms with van der Waals surface area (Å²) in [6.45, 7) is 0.193. The van der Waals surface area contributed by atoms with Crippen molar-refractivity contribution in [2.45, 2.75) is 112 Å². The molecular formula is C40H56N4O19. The number of hydrogen-bond acceptors (Lipinski definition) is 20. The van der Waals surface area contributed by atoms with E-state index in [0.717, 1.165) is 11.1 Å². The molecular weight excluding hydrogens is 840 g/mol. The number of hydrogen-bond donors (Lipinski definition) is 12. The largest absolute Gasteiger partial charge is 0.484 e. The summed E-state index contributed by atoms with van der Waals surface area (Å²) in [5.41, 5.74) is 7.61. The minimum Gasteiger partial charge on any atom is -0.484 e. The average Bonchev–Trinajstić information content (AvgIpc) is 3.28. The van der Waals surface area contributed by atoms with Crippen molar-refractivity contribution < 1.29 is 93.1 Å². The second-order valence-electron chi connectivity index (χ2n) is 15.3. The quantitative estimate of drug-likeness (QED) is 0.0587. The number of carbonyl (C=O) groups excluding carboxylic acids is 3. The molecule has 0 saturated carbocycles. The van der Waals surface area contributed by atoms with Gasteiger partial charge in [0.2, 0.25) is 5.91 Å². The number of aliphatic hydroxyl groups excluding tert-OH is 8. The molecule has 4 saturated heterocycles. The van der Waals surface area contributed by atoms with Gasteiger partial charge in [-0.05, 0) is 41.8 Å². The lowest BCUT2D eigenvalue weighted by Gasteiger charge is -2.54. The van der Waals surface area contributed by atoms with Crippen LogP contribution in [0.1, 0.15) is 23.7 Å². The number of amides is 3. The standard InChI is InChI=1S/C40H56N4O19/c1-18(47)44-26-28(50)32(61-40-31(53)33(34-35(63-40)37(55)60-34)62-39-30(52)29(51)27(49)23(15-45)58-39)24(16-46)59-38(26)56-13-3-11-42-25(48)17-57-22-8-6-19(7-9-22)20-4-2-5-21(14-20)36(54)43-12-10-41/h2,4-9,14,23-24,26-35,37-40,45-46,49-53,55H,3,10-13,15-17,41H2,1H3,(H,42,48)(H,43,54)(H,44,47)/t23?,24?,26?,27-,28?,29?,30?,31?,32+,33?,34+,35?,37?,38+,39+,40+/m0/s1. The van der Waals surface area contributed by atoms with Crippen LogP contribution in [0.2, 0.25) is 0 Å². The maximum absolute atomic E-state index is 12.5. The Bertz CT molecular complexity index is 1810. The van der Waals surface area contributed by atoms with E-state index in [2.05, 4.69) is 16.0 Å². The van der Waals surface area contributed by atoms with Gasteiger partial charge in [0.1, 0.15) is 78.9 Å². The topological polar surface area (TPSA) is 349 Å². The highest BCUT2D eigenvalue weighted by Gasteiger charge is 2.60. The average molecular weight is 897 g/mol. The molecule has 4 fully saturated rings. The fraction of sp³-hybridized carbons (Fsp3) is 0.625. The monoisotopic (exact) mass is 896 g/mol. The van der Waals surface area contributed by atoms with E-state index in [1.807, 2.05) is 6.07 Å². The zero-order valence-electron chi connectivity index (χ0n) is 34.2. The Kier molecular flexibility index (Phi) is 17.1. The number of nitrogens with one attached hydrogen (secondary N) is 3. The summed E-state index contributed by atoms with van der Waals surface area (Å²) in [4.78, 5) is 37.1. The van der Waals surface area contributed by atoms with Crippen molar-refractivity contribution in [2.24, 2.45) is 5.73 Å². The molecule has 23 nitrogen and oxygen atoms in total. The number of carbonyl (C=O) groups is 3. The molecule has 0 aliphatic carbocycles. The van der Waals surface area contributed by atoms with E-state index < -0.39 is 123 Å². The highest BCUT2D eigenvalue weighted by Crippen LogP contribution is 2.39. The van der Waals surface area contributed by atoms with Gasteiger partial charge in [-0.25, -0.2) is 0 Å². The fourth-order valence-corrected chi connectivity index (χ4v) is 7.48. The van der Waals surface area contributed by atoms with E-state index in [9.17, 15) is 55.2 Å². The van der Waals surface area contributed by atoms with Crippen molar-refractivity contribution >= 4 is 17.7 Å². The lowest BCUT2D eigenvalue weighted by atomic mass is 9.92. The predicted molar refractivity (Wildman–Crippen MR) is 211 cm³/mol. The number of nitrogens with two attached hydrogens (primary N) is 1. The summed E-state index contributed by atoms with van der Waals surface area (Å²) < 4.78 is 45.5. The number of fused-ring (bicyclic) bond motifs is 1. The van der Waals surface area contributed by atoms with Crippen molar-refractivity contribution in [2.75, 3.05) is 46.1 Å². The van der Waals surface area contributed by atoms with Gasteiger partial charge in [-0.15, -0.1) is 0 Å². The molecule has 350 valence electrons. The Morgan fingerprint density at radius 2 is 1.41 bits per heavy atom. The summed E-state index contributed by atoms with van der Waals surface area (Å²) in [7, 11) is 0. The van der Waals surface area contributed by atoms with Crippen LogP contribution in [0.3, 0.4) is 0 Å². The molecule has 0 bridgehead atoms. The molecule has 2 aromatic rings. The summed E-state index contributed by atoms with van der Waals surface area (Å²) >= 11 is 0. The molecule has 16 atom stereocenters. The Morgan fingerprint density at radius 1 is 0.714 bits per heavy atom. The van der Waals surface area contributed by atoms with E-state index >= 15 is 0 Å². The van der Waals surface area contributed by atoms with Gasteiger partial charge in [0.05, 0.1) is 19.8 Å². The van der Waals surface area contributed by atoms with Crippen LogP contribution in [0.5, 0.6) is 5.75 Å². The highest BCUT2D eigenvalue weighted by molar-refractivity contribution is 5.95. The SMILES string of the molecule is CC(=O)NC1C(O)[C@H](O[C@@H]2OC3C(O)O[C@@H]3C(O[C@H]3OC(CO)[C@H](O)C(O)C3O)C2O)C(CO)O[C@H]1OCCCNC(=O)COc1ccc(-c2cccc(C(=O)NCCN)c2)cc1. The normalized spacial score (nSPS) is 35.1. The van der Waals surface area contributed by atoms with Crippen molar-refractivity contribution in [3.63, 3.8) is 0 Å². The zero-order valence-corrected chi connectivity index (χ0v) is 34.2. The number of rotatable bonds is 19. The summed E-state index contributed by atoms with van der Waals surface area (Å²) in [5, 5.41) is 91.9. The van der Waals surface area contributed by atoms with Gasteiger partial charge in [0.25, 0.3) is 11.8 Å². The zero-order chi connectivity index (χ0) is 45.4. The highest BCUT2D eigenvalue weighted by atomic mass is 16.8. The molecule has 23 heteroatoms. The fourth-order valence-electron chi connectivity index (χ4n) is 7.48. The molecule has 13 N–H and O–H groups in total. The smallest absolute Gasteiger partial charge is 0.257 e. The first-order chi connectivity index (χ1) is 30.2. The Morgan fingerprint density at radius 3 is 2.10 bits per heavy atom. The van der Waals surface area contributed by atoms with Crippen molar-refractivity contribution in [1.82, 2.24) is 16.0 Å². The van der Waals surface area contributed by atoms with Crippen LogP contribution >= 0.6 is 0 Å². The van der Waals surface area contributed by atoms with Gasteiger partial charge in [0.15, 0.2) is 31.8 Å². The van der Waals surface area contributed by atoms with Gasteiger partial charge in [0, 0.05) is 32.1 Å². The van der Waals surface area contributed by atoms with E-state index in [4.69, 9.17) is 43.6 Å². The van der Waals surface area contributed by atoms with Gasteiger partial charge in [-0.1, -0.05) is 24.3 Å².